The highest BCUT2D eigenvalue weighted by Crippen LogP contribution is 2.30. The predicted octanol–water partition coefficient (Wildman–Crippen LogP) is 2.41. The summed E-state index contributed by atoms with van der Waals surface area (Å²) >= 11 is 7.15. The van der Waals surface area contributed by atoms with Crippen LogP contribution in [0, 0.1) is 0 Å². The van der Waals surface area contributed by atoms with Gasteiger partial charge in [-0.1, -0.05) is 18.5 Å². The summed E-state index contributed by atoms with van der Waals surface area (Å²) in [5.74, 6) is -0.285. The number of nitrogens with one attached hydrogen (secondary N) is 1. The monoisotopic (exact) mass is 284 g/mol. The van der Waals surface area contributed by atoms with E-state index in [1.54, 1.807) is 19.1 Å². The minimum Gasteiger partial charge on any atom is -0.321 e. The number of nitrogens with zero attached hydrogens (tertiary/aromatic N) is 2. The summed E-state index contributed by atoms with van der Waals surface area (Å²) in [5, 5.41) is 3.17. The standard InChI is InChI=1S/C11H13ClN4OS/c1-3-11(2,13)10(17)14-8-6(12)4-5-7-9(8)16-18-15-7/h4-5H,3,13H2,1-2H3,(H,14,17). The zero-order valence-electron chi connectivity index (χ0n) is 10.0. The van der Waals surface area contributed by atoms with Crippen molar-refractivity contribution < 1.29 is 4.79 Å². The number of carbonyl (C=O) groups excluding carboxylic acids is 1. The average Bonchev–Trinajstić information content (AvgIpc) is 2.81. The molecule has 3 N–H and O–H groups in total. The third kappa shape index (κ3) is 2.31. The van der Waals surface area contributed by atoms with Gasteiger partial charge in [-0.3, -0.25) is 4.79 Å². The van der Waals surface area contributed by atoms with E-state index < -0.39 is 5.54 Å². The summed E-state index contributed by atoms with van der Waals surface area (Å²) in [4.78, 5) is 12.0. The molecule has 96 valence electrons. The van der Waals surface area contributed by atoms with Crippen molar-refractivity contribution in [3.63, 3.8) is 0 Å². The molecule has 7 heteroatoms. The summed E-state index contributed by atoms with van der Waals surface area (Å²) < 4.78 is 8.23. The molecule has 0 fully saturated rings. The van der Waals surface area contributed by atoms with Gasteiger partial charge in [0, 0.05) is 0 Å². The van der Waals surface area contributed by atoms with Crippen molar-refractivity contribution in [2.45, 2.75) is 25.8 Å². The highest BCUT2D eigenvalue weighted by Gasteiger charge is 2.27. The lowest BCUT2D eigenvalue weighted by molar-refractivity contribution is -0.120. The first-order valence-electron chi connectivity index (χ1n) is 5.47. The number of fused-ring (bicyclic) bond motifs is 1. The Labute approximate surface area is 114 Å². The fraction of sp³-hybridized carbons (Fsp3) is 0.364. The molecule has 1 heterocycles. The predicted molar refractivity (Wildman–Crippen MR) is 73.9 cm³/mol. The lowest BCUT2D eigenvalue weighted by atomic mass is 9.99. The Hall–Kier alpha value is -1.24. The lowest BCUT2D eigenvalue weighted by Gasteiger charge is -2.21. The minimum atomic E-state index is -0.936. The molecule has 0 bridgehead atoms. The number of hydrogen-bond acceptors (Lipinski definition) is 5. The Bertz CT molecular complexity index is 596. The van der Waals surface area contributed by atoms with Crippen LogP contribution in [0.4, 0.5) is 5.69 Å². The Morgan fingerprint density at radius 3 is 2.94 bits per heavy atom. The van der Waals surface area contributed by atoms with E-state index in [2.05, 4.69) is 14.1 Å². The second kappa shape index (κ2) is 4.79. The van der Waals surface area contributed by atoms with Crippen molar-refractivity contribution in [2.24, 2.45) is 5.73 Å². The first-order valence-corrected chi connectivity index (χ1v) is 6.57. The number of benzene rings is 1. The van der Waals surface area contributed by atoms with Crippen molar-refractivity contribution >= 4 is 46.0 Å². The van der Waals surface area contributed by atoms with Crippen molar-refractivity contribution in [1.82, 2.24) is 8.75 Å². The van der Waals surface area contributed by atoms with Crippen LogP contribution in [-0.2, 0) is 4.79 Å². The number of aromatic nitrogens is 2. The van der Waals surface area contributed by atoms with Gasteiger partial charge in [0.15, 0.2) is 0 Å². The normalized spacial score (nSPS) is 14.4. The van der Waals surface area contributed by atoms with Gasteiger partial charge in [0.1, 0.15) is 11.0 Å². The van der Waals surface area contributed by atoms with Crippen LogP contribution in [0.25, 0.3) is 11.0 Å². The Kier molecular flexibility index (Phi) is 3.52. The maximum atomic E-state index is 12.0. The number of rotatable bonds is 3. The number of amides is 1. The van der Waals surface area contributed by atoms with Gasteiger partial charge >= 0.3 is 0 Å². The summed E-state index contributed by atoms with van der Waals surface area (Å²) in [6.07, 6.45) is 0.530. The quantitative estimate of drug-likeness (QED) is 0.907. The van der Waals surface area contributed by atoms with Crippen LogP contribution in [0.3, 0.4) is 0 Å². The van der Waals surface area contributed by atoms with E-state index in [1.807, 2.05) is 6.92 Å². The van der Waals surface area contributed by atoms with Gasteiger partial charge in [0.05, 0.1) is 28.0 Å². The summed E-state index contributed by atoms with van der Waals surface area (Å²) in [5.41, 5.74) is 6.72. The van der Waals surface area contributed by atoms with E-state index in [-0.39, 0.29) is 5.91 Å². The molecule has 1 atom stereocenters. The van der Waals surface area contributed by atoms with E-state index in [0.717, 1.165) is 11.7 Å². The van der Waals surface area contributed by atoms with Crippen molar-refractivity contribution in [3.8, 4) is 0 Å². The number of carbonyl (C=O) groups is 1. The molecule has 0 saturated heterocycles. The molecule has 0 radical (unpaired) electrons. The largest absolute Gasteiger partial charge is 0.321 e. The van der Waals surface area contributed by atoms with Crippen LogP contribution in [0.1, 0.15) is 20.3 Å². The Balaban J connectivity index is 2.40. The molecule has 2 aromatic rings. The van der Waals surface area contributed by atoms with Crippen LogP contribution in [0.15, 0.2) is 12.1 Å². The fourth-order valence-corrected chi connectivity index (χ4v) is 2.10. The Morgan fingerprint density at radius 2 is 2.28 bits per heavy atom. The van der Waals surface area contributed by atoms with Crippen molar-refractivity contribution in [1.29, 1.82) is 0 Å². The average molecular weight is 285 g/mol. The third-order valence-corrected chi connectivity index (χ3v) is 3.73. The molecular weight excluding hydrogens is 272 g/mol. The van der Waals surface area contributed by atoms with E-state index in [4.69, 9.17) is 17.3 Å². The molecule has 0 spiro atoms. The number of hydrogen-bond donors (Lipinski definition) is 2. The second-order valence-electron chi connectivity index (χ2n) is 4.28. The van der Waals surface area contributed by atoms with Gasteiger partial charge in [-0.2, -0.15) is 8.75 Å². The molecular formula is C11H13ClN4OS. The zero-order valence-corrected chi connectivity index (χ0v) is 11.6. The van der Waals surface area contributed by atoms with Gasteiger partial charge in [0.2, 0.25) is 5.91 Å². The molecule has 1 unspecified atom stereocenters. The highest BCUT2D eigenvalue weighted by atomic mass is 35.5. The van der Waals surface area contributed by atoms with Crippen LogP contribution in [0.5, 0.6) is 0 Å². The maximum absolute atomic E-state index is 12.0. The number of nitrogens with two attached hydrogens (primary N) is 1. The number of anilines is 1. The molecule has 0 aliphatic carbocycles. The smallest absolute Gasteiger partial charge is 0.244 e. The van der Waals surface area contributed by atoms with Crippen LogP contribution >= 0.6 is 23.3 Å². The summed E-state index contributed by atoms with van der Waals surface area (Å²) in [7, 11) is 0. The highest BCUT2D eigenvalue weighted by molar-refractivity contribution is 7.00. The first kappa shape index (κ1) is 13.2. The molecule has 5 nitrogen and oxygen atoms in total. The Morgan fingerprint density at radius 1 is 1.56 bits per heavy atom. The molecule has 18 heavy (non-hydrogen) atoms. The number of halogens is 1. The molecule has 1 amide bonds. The molecule has 1 aromatic heterocycles. The van der Waals surface area contributed by atoms with E-state index in [0.29, 0.717) is 28.2 Å². The zero-order chi connectivity index (χ0) is 13.3. The molecule has 2 rings (SSSR count). The van der Waals surface area contributed by atoms with Gasteiger partial charge in [-0.25, -0.2) is 0 Å². The maximum Gasteiger partial charge on any atom is 0.244 e. The van der Waals surface area contributed by atoms with Gasteiger partial charge in [-0.05, 0) is 25.5 Å². The van der Waals surface area contributed by atoms with Crippen LogP contribution in [-0.4, -0.2) is 20.2 Å². The molecule has 0 aliphatic heterocycles. The van der Waals surface area contributed by atoms with Crippen molar-refractivity contribution in [2.75, 3.05) is 5.32 Å². The van der Waals surface area contributed by atoms with Crippen molar-refractivity contribution in [3.05, 3.63) is 17.2 Å². The minimum absolute atomic E-state index is 0.285. The van der Waals surface area contributed by atoms with Gasteiger partial charge in [-0.15, -0.1) is 0 Å². The second-order valence-corrected chi connectivity index (χ2v) is 5.22. The first-order chi connectivity index (χ1) is 8.45. The van der Waals surface area contributed by atoms with Crippen LogP contribution in [0.2, 0.25) is 5.02 Å². The molecule has 0 aliphatic rings. The van der Waals surface area contributed by atoms with Gasteiger partial charge in [0.25, 0.3) is 0 Å². The van der Waals surface area contributed by atoms with Gasteiger partial charge < -0.3 is 11.1 Å². The van der Waals surface area contributed by atoms with E-state index in [1.165, 1.54) is 0 Å². The lowest BCUT2D eigenvalue weighted by Crippen LogP contribution is -2.47. The third-order valence-electron chi connectivity index (χ3n) is 2.87. The molecule has 1 aromatic carbocycles. The van der Waals surface area contributed by atoms with E-state index in [9.17, 15) is 4.79 Å². The topological polar surface area (TPSA) is 80.9 Å². The SMILES string of the molecule is CCC(C)(N)C(=O)Nc1c(Cl)ccc2nsnc12. The summed E-state index contributed by atoms with van der Waals surface area (Å²) in [6, 6.07) is 3.44. The van der Waals surface area contributed by atoms with E-state index >= 15 is 0 Å². The summed E-state index contributed by atoms with van der Waals surface area (Å²) in [6.45, 7) is 3.53. The van der Waals surface area contributed by atoms with Crippen LogP contribution < -0.4 is 11.1 Å². The fourth-order valence-electron chi connectivity index (χ4n) is 1.36. The molecule has 0 saturated carbocycles.